The van der Waals surface area contributed by atoms with E-state index in [1.54, 1.807) is 0 Å². The summed E-state index contributed by atoms with van der Waals surface area (Å²) < 4.78 is 0. The number of nitrogens with one attached hydrogen (secondary N) is 1. The Morgan fingerprint density at radius 1 is 1.16 bits per heavy atom. The quantitative estimate of drug-likeness (QED) is 0.755. The Morgan fingerprint density at radius 2 is 1.96 bits per heavy atom. The van der Waals surface area contributed by atoms with Gasteiger partial charge in [-0.05, 0) is 62.1 Å². The number of rotatable bonds is 3. The van der Waals surface area contributed by atoms with E-state index in [4.69, 9.17) is 4.98 Å². The van der Waals surface area contributed by atoms with Crippen molar-refractivity contribution in [1.82, 2.24) is 9.97 Å². The molecular weight excluding hydrogens is 306 g/mol. The molecule has 128 valence electrons. The minimum atomic E-state index is 0.859. The van der Waals surface area contributed by atoms with Gasteiger partial charge in [-0.25, -0.2) is 0 Å². The van der Waals surface area contributed by atoms with Crippen LogP contribution < -0.4 is 4.90 Å². The van der Waals surface area contributed by atoms with Gasteiger partial charge in [0.2, 0.25) is 0 Å². The normalized spacial score (nSPS) is 17.1. The highest BCUT2D eigenvalue weighted by Gasteiger charge is 2.26. The van der Waals surface area contributed by atoms with Crippen molar-refractivity contribution < 1.29 is 0 Å². The molecule has 1 saturated carbocycles. The van der Waals surface area contributed by atoms with Gasteiger partial charge in [0, 0.05) is 24.2 Å². The van der Waals surface area contributed by atoms with Gasteiger partial charge in [0.05, 0.1) is 23.1 Å². The first-order valence-electron chi connectivity index (χ1n) is 9.49. The van der Waals surface area contributed by atoms with Crippen LogP contribution in [-0.4, -0.2) is 16.5 Å². The average molecular weight is 331 g/mol. The molecule has 1 fully saturated rings. The van der Waals surface area contributed by atoms with Crippen molar-refractivity contribution in [3.63, 3.8) is 0 Å². The van der Waals surface area contributed by atoms with Gasteiger partial charge in [-0.2, -0.15) is 0 Å². The van der Waals surface area contributed by atoms with Crippen LogP contribution in [-0.2, 0) is 19.4 Å². The number of hydrogen-bond acceptors (Lipinski definition) is 2. The molecule has 1 aromatic carbocycles. The third-order valence-corrected chi connectivity index (χ3v) is 6.04. The number of aromatic amines is 1. The number of anilines is 1. The van der Waals surface area contributed by atoms with Crippen molar-refractivity contribution in [2.45, 2.75) is 46.1 Å². The molecule has 3 heterocycles. The summed E-state index contributed by atoms with van der Waals surface area (Å²) in [7, 11) is 0. The van der Waals surface area contributed by atoms with Crippen LogP contribution in [0, 0.1) is 19.8 Å². The summed E-state index contributed by atoms with van der Waals surface area (Å²) in [5.74, 6) is 0.859. The fourth-order valence-electron chi connectivity index (χ4n) is 4.23. The Hall–Kier alpha value is -2.29. The molecule has 0 radical (unpaired) electrons. The molecule has 0 atom stereocenters. The van der Waals surface area contributed by atoms with E-state index < -0.39 is 0 Å². The van der Waals surface area contributed by atoms with Crippen LogP contribution in [0.15, 0.2) is 30.5 Å². The lowest BCUT2D eigenvalue weighted by Gasteiger charge is -2.31. The summed E-state index contributed by atoms with van der Waals surface area (Å²) in [5.41, 5.74) is 9.44. The lowest BCUT2D eigenvalue weighted by molar-refractivity contribution is 0.730. The molecule has 1 aliphatic carbocycles. The fraction of sp³-hybridized carbons (Fsp3) is 0.409. The van der Waals surface area contributed by atoms with Crippen molar-refractivity contribution >= 4 is 16.6 Å². The standard InChI is InChI=1S/C22H25N3/c1-14-15(2)24-22-20(12-23-19(21(14)22)11-16-7-8-16)25-10-9-17-5-3-4-6-18(17)13-25/h3-6,12,16,24H,7-11,13H2,1-2H3. The van der Waals surface area contributed by atoms with Crippen LogP contribution in [0.5, 0.6) is 0 Å². The lowest BCUT2D eigenvalue weighted by Crippen LogP contribution is -2.30. The Labute approximate surface area is 149 Å². The highest BCUT2D eigenvalue weighted by Crippen LogP contribution is 2.38. The van der Waals surface area contributed by atoms with E-state index in [1.165, 1.54) is 57.5 Å². The van der Waals surface area contributed by atoms with Gasteiger partial charge in [0.1, 0.15) is 0 Å². The molecular formula is C22H25N3. The number of fused-ring (bicyclic) bond motifs is 2. The van der Waals surface area contributed by atoms with Crippen LogP contribution in [0.2, 0.25) is 0 Å². The Balaban J connectivity index is 1.59. The Kier molecular flexibility index (Phi) is 3.37. The minimum Gasteiger partial charge on any atom is -0.364 e. The number of hydrogen-bond donors (Lipinski definition) is 1. The van der Waals surface area contributed by atoms with E-state index >= 15 is 0 Å². The summed E-state index contributed by atoms with van der Waals surface area (Å²) in [6.07, 6.45) is 7.11. The van der Waals surface area contributed by atoms with Crippen LogP contribution in [0.3, 0.4) is 0 Å². The van der Waals surface area contributed by atoms with Crippen LogP contribution in [0.1, 0.15) is 40.9 Å². The van der Waals surface area contributed by atoms with Gasteiger partial charge < -0.3 is 9.88 Å². The Bertz CT molecular complexity index is 949. The van der Waals surface area contributed by atoms with Gasteiger partial charge in [-0.15, -0.1) is 0 Å². The van der Waals surface area contributed by atoms with E-state index in [9.17, 15) is 0 Å². The molecule has 0 bridgehead atoms. The minimum absolute atomic E-state index is 0.859. The summed E-state index contributed by atoms with van der Waals surface area (Å²) >= 11 is 0. The molecule has 1 N–H and O–H groups in total. The molecule has 0 unspecified atom stereocenters. The zero-order valence-corrected chi connectivity index (χ0v) is 15.1. The van der Waals surface area contributed by atoms with Gasteiger partial charge in [-0.3, -0.25) is 4.98 Å². The molecule has 3 heteroatoms. The van der Waals surface area contributed by atoms with E-state index in [0.29, 0.717) is 0 Å². The topological polar surface area (TPSA) is 31.9 Å². The predicted octanol–water partition coefficient (Wildman–Crippen LogP) is 4.69. The molecule has 2 aliphatic rings. The average Bonchev–Trinajstić information content (AvgIpc) is 3.40. The van der Waals surface area contributed by atoms with Gasteiger partial charge >= 0.3 is 0 Å². The van der Waals surface area contributed by atoms with Crippen LogP contribution in [0.4, 0.5) is 5.69 Å². The smallest absolute Gasteiger partial charge is 0.0801 e. The second kappa shape index (κ2) is 5.62. The third-order valence-electron chi connectivity index (χ3n) is 6.04. The Morgan fingerprint density at radius 3 is 2.76 bits per heavy atom. The molecule has 2 aromatic heterocycles. The zero-order valence-electron chi connectivity index (χ0n) is 15.1. The van der Waals surface area contributed by atoms with E-state index in [1.807, 2.05) is 0 Å². The predicted molar refractivity (Wildman–Crippen MR) is 103 cm³/mol. The van der Waals surface area contributed by atoms with Gasteiger partial charge in [0.25, 0.3) is 0 Å². The molecule has 0 spiro atoms. The SMILES string of the molecule is Cc1[nH]c2c(N3CCc4ccccc4C3)cnc(CC3CC3)c2c1C. The molecule has 25 heavy (non-hydrogen) atoms. The second-order valence-electron chi connectivity index (χ2n) is 7.80. The second-order valence-corrected chi connectivity index (χ2v) is 7.80. The van der Waals surface area contributed by atoms with E-state index in [2.05, 4.69) is 54.2 Å². The number of aromatic nitrogens is 2. The lowest BCUT2D eigenvalue weighted by atomic mass is 9.99. The zero-order chi connectivity index (χ0) is 17.0. The van der Waals surface area contributed by atoms with Crippen molar-refractivity contribution in [2.24, 2.45) is 5.92 Å². The number of aryl methyl sites for hydroxylation is 2. The maximum Gasteiger partial charge on any atom is 0.0801 e. The van der Waals surface area contributed by atoms with Crippen LogP contribution >= 0.6 is 0 Å². The third kappa shape index (κ3) is 2.53. The number of H-pyrrole nitrogens is 1. The van der Waals surface area contributed by atoms with Crippen molar-refractivity contribution in [1.29, 1.82) is 0 Å². The molecule has 0 amide bonds. The largest absolute Gasteiger partial charge is 0.364 e. The molecule has 3 aromatic rings. The van der Waals surface area contributed by atoms with Crippen molar-refractivity contribution in [3.8, 4) is 0 Å². The van der Waals surface area contributed by atoms with Gasteiger partial charge in [0.15, 0.2) is 0 Å². The van der Waals surface area contributed by atoms with Crippen molar-refractivity contribution in [3.05, 3.63) is 58.5 Å². The molecule has 5 rings (SSSR count). The van der Waals surface area contributed by atoms with Crippen molar-refractivity contribution in [2.75, 3.05) is 11.4 Å². The highest BCUT2D eigenvalue weighted by molar-refractivity contribution is 5.96. The first-order chi connectivity index (χ1) is 12.2. The first-order valence-corrected chi connectivity index (χ1v) is 9.49. The van der Waals surface area contributed by atoms with Crippen LogP contribution in [0.25, 0.3) is 10.9 Å². The van der Waals surface area contributed by atoms with Gasteiger partial charge in [-0.1, -0.05) is 24.3 Å². The molecule has 1 aliphatic heterocycles. The van der Waals surface area contributed by atoms with E-state index in [0.717, 1.165) is 31.8 Å². The first kappa shape index (κ1) is 15.0. The summed E-state index contributed by atoms with van der Waals surface area (Å²) in [6, 6.07) is 8.83. The number of nitrogens with zero attached hydrogens (tertiary/aromatic N) is 2. The van der Waals surface area contributed by atoms with E-state index in [-0.39, 0.29) is 0 Å². The highest BCUT2D eigenvalue weighted by atomic mass is 15.1. The summed E-state index contributed by atoms with van der Waals surface area (Å²) in [5, 5.41) is 1.38. The molecule has 3 nitrogen and oxygen atoms in total. The number of benzene rings is 1. The molecule has 0 saturated heterocycles. The fourth-order valence-corrected chi connectivity index (χ4v) is 4.23. The maximum atomic E-state index is 4.93. The number of pyridine rings is 1. The summed E-state index contributed by atoms with van der Waals surface area (Å²) in [4.78, 5) is 11.1. The summed E-state index contributed by atoms with van der Waals surface area (Å²) in [6.45, 7) is 6.46. The maximum absolute atomic E-state index is 4.93. The monoisotopic (exact) mass is 331 g/mol.